The fourth-order valence-electron chi connectivity index (χ4n) is 1.69. The molecular weight excluding hydrogens is 162 g/mol. The average Bonchev–Trinajstić information content (AvgIpc) is 2.71. The van der Waals surface area contributed by atoms with Crippen LogP contribution < -0.4 is 5.32 Å². The molecule has 0 bridgehead atoms. The zero-order valence-electron chi connectivity index (χ0n) is 7.33. The van der Waals surface area contributed by atoms with Gasteiger partial charge < -0.3 is 5.32 Å². The highest BCUT2D eigenvalue weighted by molar-refractivity contribution is 5.27. The lowest BCUT2D eigenvalue weighted by Gasteiger charge is -2.09. The minimum atomic E-state index is 0.426. The van der Waals surface area contributed by atoms with Gasteiger partial charge in [-0.25, -0.2) is 4.98 Å². The highest BCUT2D eigenvalue weighted by Gasteiger charge is 2.15. The van der Waals surface area contributed by atoms with Gasteiger partial charge in [0.05, 0.1) is 0 Å². The Morgan fingerprint density at radius 1 is 1.62 bits per heavy atom. The second-order valence-corrected chi connectivity index (χ2v) is 3.24. The minimum Gasteiger partial charge on any atom is -0.310 e. The smallest absolute Gasteiger partial charge is 0.140 e. The molecule has 0 spiro atoms. The van der Waals surface area contributed by atoms with E-state index in [1.807, 2.05) is 12.1 Å². The van der Waals surface area contributed by atoms with Crippen molar-refractivity contribution in [3.63, 3.8) is 0 Å². The molecule has 66 valence electrons. The van der Waals surface area contributed by atoms with E-state index in [1.165, 1.54) is 12.0 Å². The first-order chi connectivity index (χ1) is 6.40. The molecule has 1 aromatic heterocycles. The molecule has 3 heteroatoms. The molecule has 1 atom stereocenters. The van der Waals surface area contributed by atoms with Crippen LogP contribution in [-0.2, 0) is 0 Å². The molecule has 13 heavy (non-hydrogen) atoms. The molecule has 1 aliphatic rings. The second-order valence-electron chi connectivity index (χ2n) is 3.24. The van der Waals surface area contributed by atoms with Crippen LogP contribution in [0, 0.1) is 11.3 Å². The van der Waals surface area contributed by atoms with Crippen molar-refractivity contribution in [3.05, 3.63) is 29.6 Å². The first-order valence-electron chi connectivity index (χ1n) is 4.49. The number of rotatable bonds is 1. The van der Waals surface area contributed by atoms with Crippen molar-refractivity contribution in [1.82, 2.24) is 10.3 Å². The molecule has 0 saturated carbocycles. The number of pyridine rings is 1. The van der Waals surface area contributed by atoms with Crippen LogP contribution >= 0.6 is 0 Å². The lowest BCUT2D eigenvalue weighted by atomic mass is 10.1. The highest BCUT2D eigenvalue weighted by Crippen LogP contribution is 2.22. The number of nitriles is 1. The van der Waals surface area contributed by atoms with E-state index in [4.69, 9.17) is 5.26 Å². The summed E-state index contributed by atoms with van der Waals surface area (Å²) in [6.45, 7) is 1.08. The minimum absolute atomic E-state index is 0.426. The van der Waals surface area contributed by atoms with Crippen LogP contribution in [0.3, 0.4) is 0 Å². The summed E-state index contributed by atoms with van der Waals surface area (Å²) in [6, 6.07) is 6.32. The van der Waals surface area contributed by atoms with Crippen molar-refractivity contribution in [2.24, 2.45) is 0 Å². The van der Waals surface area contributed by atoms with Crippen LogP contribution in [0.25, 0.3) is 0 Å². The summed E-state index contributed by atoms with van der Waals surface area (Å²) >= 11 is 0. The molecule has 2 rings (SSSR count). The van der Waals surface area contributed by atoms with Gasteiger partial charge in [0.25, 0.3) is 0 Å². The van der Waals surface area contributed by atoms with Gasteiger partial charge in [-0.2, -0.15) is 5.26 Å². The summed E-state index contributed by atoms with van der Waals surface area (Å²) < 4.78 is 0. The third-order valence-corrected chi connectivity index (χ3v) is 2.36. The van der Waals surface area contributed by atoms with E-state index in [0.29, 0.717) is 11.7 Å². The van der Waals surface area contributed by atoms with E-state index >= 15 is 0 Å². The van der Waals surface area contributed by atoms with Crippen molar-refractivity contribution >= 4 is 0 Å². The van der Waals surface area contributed by atoms with Gasteiger partial charge in [-0.15, -0.1) is 0 Å². The summed E-state index contributed by atoms with van der Waals surface area (Å²) in [7, 11) is 0. The zero-order valence-corrected chi connectivity index (χ0v) is 7.33. The predicted molar refractivity (Wildman–Crippen MR) is 48.9 cm³/mol. The average molecular weight is 173 g/mol. The maximum Gasteiger partial charge on any atom is 0.140 e. The molecule has 0 aromatic carbocycles. The van der Waals surface area contributed by atoms with Crippen LogP contribution in [0.5, 0.6) is 0 Å². The summed E-state index contributed by atoms with van der Waals surface area (Å²) in [6.07, 6.45) is 4.08. The van der Waals surface area contributed by atoms with Gasteiger partial charge in [0, 0.05) is 12.2 Å². The third-order valence-electron chi connectivity index (χ3n) is 2.36. The van der Waals surface area contributed by atoms with Crippen molar-refractivity contribution in [1.29, 1.82) is 5.26 Å². The van der Waals surface area contributed by atoms with Gasteiger partial charge in [-0.3, -0.25) is 0 Å². The largest absolute Gasteiger partial charge is 0.310 e. The number of hydrogen-bond donors (Lipinski definition) is 1. The van der Waals surface area contributed by atoms with Gasteiger partial charge >= 0.3 is 0 Å². The van der Waals surface area contributed by atoms with Crippen LogP contribution in [0.2, 0.25) is 0 Å². The van der Waals surface area contributed by atoms with E-state index in [2.05, 4.69) is 16.4 Å². The SMILES string of the molecule is N#Cc1cc([C@H]2CCCN2)ccn1. The topological polar surface area (TPSA) is 48.7 Å². The van der Waals surface area contributed by atoms with Gasteiger partial charge in [0.1, 0.15) is 11.8 Å². The van der Waals surface area contributed by atoms with E-state index in [9.17, 15) is 0 Å². The predicted octanol–water partition coefficient (Wildman–Crippen LogP) is 1.38. The highest BCUT2D eigenvalue weighted by atomic mass is 14.9. The van der Waals surface area contributed by atoms with Gasteiger partial charge in [-0.1, -0.05) is 0 Å². The number of nitrogens with zero attached hydrogens (tertiary/aromatic N) is 2. The normalized spacial score (nSPS) is 21.3. The molecule has 1 saturated heterocycles. The monoisotopic (exact) mass is 173 g/mol. The molecule has 3 nitrogen and oxygen atoms in total. The summed E-state index contributed by atoms with van der Waals surface area (Å²) in [5, 5.41) is 12.1. The third kappa shape index (κ3) is 1.68. The summed E-state index contributed by atoms with van der Waals surface area (Å²) in [5.74, 6) is 0. The Bertz CT molecular complexity index is 334. The van der Waals surface area contributed by atoms with E-state index in [0.717, 1.165) is 13.0 Å². The van der Waals surface area contributed by atoms with Crippen molar-refractivity contribution in [3.8, 4) is 6.07 Å². The number of hydrogen-bond acceptors (Lipinski definition) is 3. The van der Waals surface area contributed by atoms with E-state index < -0.39 is 0 Å². The van der Waals surface area contributed by atoms with Crippen LogP contribution in [0.15, 0.2) is 18.3 Å². The molecule has 2 heterocycles. The van der Waals surface area contributed by atoms with Crippen molar-refractivity contribution < 1.29 is 0 Å². The van der Waals surface area contributed by atoms with Crippen LogP contribution in [0.4, 0.5) is 0 Å². The standard InChI is InChI=1S/C10H11N3/c11-7-9-6-8(3-5-12-9)10-2-1-4-13-10/h3,5-6,10,13H,1-2,4H2/t10-/m1/s1. The molecule has 0 aliphatic carbocycles. The van der Waals surface area contributed by atoms with E-state index in [-0.39, 0.29) is 0 Å². The summed E-state index contributed by atoms with van der Waals surface area (Å²) in [5.41, 5.74) is 1.69. The zero-order chi connectivity index (χ0) is 9.10. The van der Waals surface area contributed by atoms with Crippen molar-refractivity contribution in [2.45, 2.75) is 18.9 Å². The Hall–Kier alpha value is -1.40. The molecule has 0 unspecified atom stereocenters. The van der Waals surface area contributed by atoms with Crippen LogP contribution in [-0.4, -0.2) is 11.5 Å². The fourth-order valence-corrected chi connectivity index (χ4v) is 1.69. The van der Waals surface area contributed by atoms with Gasteiger partial charge in [-0.05, 0) is 37.1 Å². The molecule has 0 radical (unpaired) electrons. The van der Waals surface area contributed by atoms with E-state index in [1.54, 1.807) is 6.20 Å². The Kier molecular flexibility index (Phi) is 2.24. The quantitative estimate of drug-likeness (QED) is 0.698. The first kappa shape index (κ1) is 8.21. The van der Waals surface area contributed by atoms with Crippen molar-refractivity contribution in [2.75, 3.05) is 6.54 Å². The molecule has 1 fully saturated rings. The Balaban J connectivity index is 2.25. The van der Waals surface area contributed by atoms with Gasteiger partial charge in [0.2, 0.25) is 0 Å². The Morgan fingerprint density at radius 3 is 3.23 bits per heavy atom. The first-order valence-corrected chi connectivity index (χ1v) is 4.49. The Labute approximate surface area is 77.4 Å². The lowest BCUT2D eigenvalue weighted by molar-refractivity contribution is 0.646. The fraction of sp³-hybridized carbons (Fsp3) is 0.400. The van der Waals surface area contributed by atoms with Crippen LogP contribution in [0.1, 0.15) is 30.1 Å². The molecule has 1 aromatic rings. The molecule has 1 aliphatic heterocycles. The molecular formula is C10H11N3. The molecule has 0 amide bonds. The van der Waals surface area contributed by atoms with Gasteiger partial charge in [0.15, 0.2) is 0 Å². The number of nitrogens with one attached hydrogen (secondary N) is 1. The maximum absolute atomic E-state index is 8.67. The molecule has 1 N–H and O–H groups in total. The number of aromatic nitrogens is 1. The Morgan fingerprint density at radius 2 is 2.54 bits per heavy atom. The summed E-state index contributed by atoms with van der Waals surface area (Å²) in [4.78, 5) is 3.94. The maximum atomic E-state index is 8.67. The lowest BCUT2D eigenvalue weighted by Crippen LogP contribution is -2.12. The second kappa shape index (κ2) is 3.55.